The van der Waals surface area contributed by atoms with Gasteiger partial charge in [-0.15, -0.1) is 0 Å². The van der Waals surface area contributed by atoms with Gasteiger partial charge < -0.3 is 33.1 Å². The van der Waals surface area contributed by atoms with Crippen LogP contribution in [0.25, 0.3) is 16.9 Å². The summed E-state index contributed by atoms with van der Waals surface area (Å²) in [6.07, 6.45) is 14.7. The van der Waals surface area contributed by atoms with E-state index in [-0.39, 0.29) is 0 Å². The Hall–Kier alpha value is -6.14. The van der Waals surface area contributed by atoms with E-state index in [0.717, 1.165) is 91.8 Å². The monoisotopic (exact) mass is 842 g/mol. The molecule has 8 aromatic rings. The minimum atomic E-state index is 0.575. The summed E-state index contributed by atoms with van der Waals surface area (Å²) in [5.74, 6) is 2.30. The van der Waals surface area contributed by atoms with Crippen LogP contribution in [-0.4, -0.2) is 53.7 Å². The first-order valence-corrected chi connectivity index (χ1v) is 20.6. The van der Waals surface area contributed by atoms with Crippen LogP contribution in [0.3, 0.4) is 0 Å². The van der Waals surface area contributed by atoms with Gasteiger partial charge in [-0.25, -0.2) is 19.9 Å². The van der Waals surface area contributed by atoms with E-state index in [2.05, 4.69) is 82.1 Å². The Morgan fingerprint density at radius 3 is 1.45 bits per heavy atom. The summed E-state index contributed by atoms with van der Waals surface area (Å²) in [5, 5.41) is 0. The molecule has 2 aromatic carbocycles. The first-order chi connectivity index (χ1) is 28.3. The van der Waals surface area contributed by atoms with Gasteiger partial charge in [0.2, 0.25) is 0 Å². The molecule has 2 N–H and O–H groups in total. The zero-order valence-corrected chi connectivity index (χ0v) is 35.6. The number of ether oxygens (including phenoxy) is 3. The average Bonchev–Trinajstić information content (AvgIpc) is 3.97. The number of nitrogens with two attached hydrogens (primary N) is 1. The van der Waals surface area contributed by atoms with Gasteiger partial charge in [0.05, 0.1) is 52.8 Å². The Bertz CT molecular complexity index is 2470. The third-order valence-electron chi connectivity index (χ3n) is 9.09. The fourth-order valence-corrected chi connectivity index (χ4v) is 6.65. The topological polar surface area (TPSA) is 118 Å². The van der Waals surface area contributed by atoms with Crippen molar-refractivity contribution in [3.05, 3.63) is 149 Å². The fourth-order valence-electron chi connectivity index (χ4n) is 6.21. The lowest BCUT2D eigenvalue weighted by Crippen LogP contribution is -2.03. The van der Waals surface area contributed by atoms with Crippen molar-refractivity contribution in [2.24, 2.45) is 4.99 Å². The number of aliphatic imine (C=N–C) groups is 1. The average molecular weight is 844 g/mol. The maximum atomic E-state index is 5.90. The van der Waals surface area contributed by atoms with E-state index in [1.807, 2.05) is 120 Å². The van der Waals surface area contributed by atoms with Gasteiger partial charge in [-0.1, -0.05) is 81.4 Å². The fraction of sp³-hybridized carbons (Fsp3) is 0.261. The Labute approximate surface area is 348 Å². The van der Waals surface area contributed by atoms with Gasteiger partial charge >= 0.3 is 0 Å². The Morgan fingerprint density at radius 1 is 0.552 bits per heavy atom. The van der Waals surface area contributed by atoms with Crippen molar-refractivity contribution < 1.29 is 14.2 Å². The molecule has 300 valence electrons. The lowest BCUT2D eigenvalue weighted by molar-refractivity contribution is 0.338. The van der Waals surface area contributed by atoms with Crippen LogP contribution in [0.1, 0.15) is 69.8 Å². The predicted molar refractivity (Wildman–Crippen MR) is 238 cm³/mol. The van der Waals surface area contributed by atoms with Crippen LogP contribution in [0, 0.1) is 0 Å². The lowest BCUT2D eigenvalue weighted by Gasteiger charge is -2.11. The van der Waals surface area contributed by atoms with Crippen LogP contribution < -0.4 is 19.9 Å². The second-order valence-corrected chi connectivity index (χ2v) is 14.0. The van der Waals surface area contributed by atoms with Crippen molar-refractivity contribution in [1.82, 2.24) is 28.2 Å². The highest BCUT2D eigenvalue weighted by atomic mass is 79.9. The highest BCUT2D eigenvalue weighted by Gasteiger charge is 2.13. The summed E-state index contributed by atoms with van der Waals surface area (Å²) in [4.78, 5) is 18.6. The third-order valence-corrected chi connectivity index (χ3v) is 9.69. The van der Waals surface area contributed by atoms with Gasteiger partial charge in [0, 0.05) is 66.5 Å². The maximum Gasteiger partial charge on any atom is 0.150 e. The zero-order valence-electron chi connectivity index (χ0n) is 34.0. The second-order valence-electron chi connectivity index (χ2n) is 13.1. The number of hydrogen-bond donors (Lipinski definition) is 1. The molecule has 0 amide bonds. The first kappa shape index (κ1) is 41.5. The van der Waals surface area contributed by atoms with E-state index in [9.17, 15) is 0 Å². The molecule has 0 radical (unpaired) electrons. The van der Waals surface area contributed by atoms with Crippen molar-refractivity contribution in [1.29, 1.82) is 0 Å². The van der Waals surface area contributed by atoms with Crippen molar-refractivity contribution in [2.75, 3.05) is 25.6 Å². The standard InChI is InChI=1S/C24H23N3O.C11H13BrN2O.C11H15N3O/c1-3-20-16-27-17-21(22(28-4-2)15-23(27)25-20)26-24(18-11-7-5-8-12-18)19-13-9-6-10-14-19;2*1-3-8-6-14-7-9(12)10(15-4-2)5-11(14)13-8/h5-17H,3-4H2,1-2H3;5-7H,3-4H2,1-2H3;5-7H,3-4,12H2,1-2H3. The van der Waals surface area contributed by atoms with Gasteiger partial charge in [0.1, 0.15) is 39.9 Å². The molecule has 0 spiro atoms. The molecule has 0 aliphatic heterocycles. The van der Waals surface area contributed by atoms with Crippen LogP contribution in [0.2, 0.25) is 0 Å². The summed E-state index contributed by atoms with van der Waals surface area (Å²) in [6, 6.07) is 26.3. The zero-order chi connectivity index (χ0) is 41.0. The molecule has 8 rings (SSSR count). The Kier molecular flexibility index (Phi) is 14.2. The summed E-state index contributed by atoms with van der Waals surface area (Å²) in [6.45, 7) is 14.0. The van der Waals surface area contributed by atoms with E-state index < -0.39 is 0 Å². The summed E-state index contributed by atoms with van der Waals surface area (Å²) in [7, 11) is 0. The normalized spacial score (nSPS) is 10.8. The minimum Gasteiger partial charge on any atom is -0.492 e. The van der Waals surface area contributed by atoms with Gasteiger partial charge in [-0.05, 0) is 56.0 Å². The van der Waals surface area contributed by atoms with E-state index in [4.69, 9.17) is 24.9 Å². The number of nitrogens with zero attached hydrogens (tertiary/aromatic N) is 7. The number of aryl methyl sites for hydroxylation is 3. The predicted octanol–water partition coefficient (Wildman–Crippen LogP) is 10.4. The van der Waals surface area contributed by atoms with Crippen LogP contribution in [0.4, 0.5) is 11.4 Å². The molecule has 12 heteroatoms. The molecule has 0 fully saturated rings. The number of aromatic nitrogens is 6. The van der Waals surface area contributed by atoms with Gasteiger partial charge in [0.25, 0.3) is 0 Å². The maximum absolute atomic E-state index is 5.90. The Balaban J connectivity index is 0.000000160. The molecule has 6 aromatic heterocycles. The highest BCUT2D eigenvalue weighted by molar-refractivity contribution is 9.10. The molecular weight excluding hydrogens is 792 g/mol. The summed E-state index contributed by atoms with van der Waals surface area (Å²) in [5.41, 5.74) is 16.2. The first-order valence-electron chi connectivity index (χ1n) is 19.8. The number of hydrogen-bond acceptors (Lipinski definition) is 8. The molecule has 58 heavy (non-hydrogen) atoms. The van der Waals surface area contributed by atoms with Crippen LogP contribution in [0.15, 0.2) is 126 Å². The number of benzene rings is 2. The molecule has 0 saturated heterocycles. The smallest absolute Gasteiger partial charge is 0.150 e. The Morgan fingerprint density at radius 2 is 0.966 bits per heavy atom. The lowest BCUT2D eigenvalue weighted by atomic mass is 10.0. The number of pyridine rings is 3. The number of nitrogen functional groups attached to an aromatic ring is 1. The van der Waals surface area contributed by atoms with E-state index >= 15 is 0 Å². The van der Waals surface area contributed by atoms with Gasteiger partial charge in [-0.2, -0.15) is 0 Å². The molecule has 0 aliphatic rings. The van der Waals surface area contributed by atoms with Crippen LogP contribution in [0.5, 0.6) is 17.2 Å². The van der Waals surface area contributed by atoms with Crippen LogP contribution in [-0.2, 0) is 19.3 Å². The van der Waals surface area contributed by atoms with Crippen molar-refractivity contribution >= 4 is 50.0 Å². The quantitative estimate of drug-likeness (QED) is 0.122. The van der Waals surface area contributed by atoms with Crippen molar-refractivity contribution in [3.63, 3.8) is 0 Å². The van der Waals surface area contributed by atoms with E-state index in [1.165, 1.54) is 0 Å². The SMILES string of the molecule is CCOc1cc2nc(CC)cn2cc1Br.CCOc1cc2nc(CC)cn2cc1N.CCOc1cc2nc(CC)cn2cc1N=C(c1ccccc1)c1ccccc1. The summed E-state index contributed by atoms with van der Waals surface area (Å²) < 4.78 is 23.7. The molecule has 0 bridgehead atoms. The van der Waals surface area contributed by atoms with Gasteiger partial charge in [0.15, 0.2) is 0 Å². The van der Waals surface area contributed by atoms with E-state index in [0.29, 0.717) is 31.3 Å². The molecule has 11 nitrogen and oxygen atoms in total. The van der Waals surface area contributed by atoms with Gasteiger partial charge in [-0.3, -0.25) is 0 Å². The largest absolute Gasteiger partial charge is 0.492 e. The highest BCUT2D eigenvalue weighted by Crippen LogP contribution is 2.31. The third kappa shape index (κ3) is 10.0. The molecular formula is C46H51BrN8O3. The molecule has 0 unspecified atom stereocenters. The summed E-state index contributed by atoms with van der Waals surface area (Å²) >= 11 is 3.48. The minimum absolute atomic E-state index is 0.575. The number of anilines is 1. The second kappa shape index (κ2) is 19.8. The van der Waals surface area contributed by atoms with Crippen molar-refractivity contribution in [3.8, 4) is 17.2 Å². The molecule has 0 atom stereocenters. The number of imidazole rings is 3. The molecule has 0 aliphatic carbocycles. The number of halogens is 1. The van der Waals surface area contributed by atoms with E-state index in [1.54, 1.807) is 0 Å². The molecule has 0 saturated carbocycles. The number of rotatable bonds is 12. The number of fused-ring (bicyclic) bond motifs is 3. The van der Waals surface area contributed by atoms with Crippen LogP contribution >= 0.6 is 15.9 Å². The molecule has 6 heterocycles. The van der Waals surface area contributed by atoms with Crippen molar-refractivity contribution in [2.45, 2.75) is 60.8 Å².